The summed E-state index contributed by atoms with van der Waals surface area (Å²) in [6.45, 7) is 6.10. The van der Waals surface area contributed by atoms with E-state index in [-0.39, 0.29) is 37.5 Å². The van der Waals surface area contributed by atoms with Gasteiger partial charge in [-0.3, -0.25) is 14.4 Å². The van der Waals surface area contributed by atoms with Crippen LogP contribution in [-0.4, -0.2) is 70.8 Å². The Morgan fingerprint density at radius 3 is 2.51 bits per heavy atom. The van der Waals surface area contributed by atoms with Gasteiger partial charge < -0.3 is 24.4 Å². The van der Waals surface area contributed by atoms with Crippen LogP contribution in [0.25, 0.3) is 10.8 Å². The lowest BCUT2D eigenvalue weighted by molar-refractivity contribution is -0.162. The van der Waals surface area contributed by atoms with Gasteiger partial charge in [0.15, 0.2) is 0 Å². The summed E-state index contributed by atoms with van der Waals surface area (Å²) in [5.74, 6) is -3.08. The van der Waals surface area contributed by atoms with Gasteiger partial charge in [0.25, 0.3) is 5.91 Å². The van der Waals surface area contributed by atoms with Crippen molar-refractivity contribution in [3.8, 4) is 0 Å². The summed E-state index contributed by atoms with van der Waals surface area (Å²) in [5.41, 5.74) is -1.77. The molecule has 0 aromatic heterocycles. The second-order valence-electron chi connectivity index (χ2n) is 11.7. The molecule has 0 radical (unpaired) electrons. The molecule has 2 amide bonds. The van der Waals surface area contributed by atoms with E-state index in [1.165, 1.54) is 0 Å². The van der Waals surface area contributed by atoms with Crippen LogP contribution in [-0.2, 0) is 23.9 Å². The van der Waals surface area contributed by atoms with E-state index in [0.717, 1.165) is 10.8 Å². The number of ether oxygens (including phenoxy) is 2. The van der Waals surface area contributed by atoms with Crippen molar-refractivity contribution in [3.05, 3.63) is 66.8 Å². The number of benzene rings is 2. The van der Waals surface area contributed by atoms with Crippen LogP contribution in [0.15, 0.2) is 66.8 Å². The predicted octanol–water partition coefficient (Wildman–Crippen LogP) is 4.01. The molecule has 1 unspecified atom stereocenters. The lowest BCUT2D eigenvalue weighted by Gasteiger charge is -2.42. The number of nitrogens with zero attached hydrogens (tertiary/aromatic N) is 2. The molecule has 8 nitrogen and oxygen atoms in total. The van der Waals surface area contributed by atoms with Crippen molar-refractivity contribution in [2.75, 3.05) is 24.7 Å². The van der Waals surface area contributed by atoms with Crippen LogP contribution >= 0.6 is 0 Å². The zero-order chi connectivity index (χ0) is 28.9. The summed E-state index contributed by atoms with van der Waals surface area (Å²) < 4.78 is 12.6. The molecule has 0 saturated carbocycles. The number of carbonyl (C=O) groups excluding carboxylic acids is 3. The first-order valence-corrected chi connectivity index (χ1v) is 14.8. The van der Waals surface area contributed by atoms with E-state index in [9.17, 15) is 19.5 Å². The molecule has 2 fully saturated rings. The van der Waals surface area contributed by atoms with E-state index < -0.39 is 41.1 Å². The molecule has 1 N–H and O–H groups in total. The van der Waals surface area contributed by atoms with E-state index >= 15 is 0 Å². The molecule has 2 aromatic rings. The Hall–Kier alpha value is -3.49. The number of fused-ring (bicyclic) bond motifs is 3. The Bertz CT molecular complexity index is 1440. The van der Waals surface area contributed by atoms with Gasteiger partial charge in [0.1, 0.15) is 23.2 Å². The van der Waals surface area contributed by atoms with Gasteiger partial charge in [-0.05, 0) is 41.7 Å². The number of cyclic esters (lactones) is 1. The molecule has 6 rings (SSSR count). The largest absolute Gasteiger partial charge is 0.465 e. The molecule has 2 aromatic carbocycles. The van der Waals surface area contributed by atoms with E-state index in [4.69, 9.17) is 9.47 Å². The van der Waals surface area contributed by atoms with Crippen LogP contribution in [0.3, 0.4) is 0 Å². The lowest BCUT2D eigenvalue weighted by atomic mass is 9.73. The monoisotopic (exact) mass is 558 g/mol. The van der Waals surface area contributed by atoms with Gasteiger partial charge in [-0.1, -0.05) is 81.8 Å². The van der Waals surface area contributed by atoms with Gasteiger partial charge in [0.05, 0.1) is 25.2 Å². The highest BCUT2D eigenvalue weighted by molar-refractivity contribution is 6.06. The average molecular weight is 559 g/mol. The number of carbonyl (C=O) groups is 3. The summed E-state index contributed by atoms with van der Waals surface area (Å²) in [6, 6.07) is 12.2. The van der Waals surface area contributed by atoms with E-state index in [0.29, 0.717) is 24.9 Å². The van der Waals surface area contributed by atoms with Crippen LogP contribution in [0.4, 0.5) is 5.69 Å². The number of likely N-dealkylation sites (tertiary alicyclic amines) is 1. The molecule has 2 saturated heterocycles. The van der Waals surface area contributed by atoms with Crippen LogP contribution in [0.1, 0.15) is 40.0 Å². The summed E-state index contributed by atoms with van der Waals surface area (Å²) in [7, 11) is 0. The topological polar surface area (TPSA) is 96.4 Å². The van der Waals surface area contributed by atoms with Crippen LogP contribution < -0.4 is 4.90 Å². The van der Waals surface area contributed by atoms with Crippen LogP contribution in [0.5, 0.6) is 0 Å². The number of hydrogen-bond acceptors (Lipinski definition) is 6. The van der Waals surface area contributed by atoms with Gasteiger partial charge in [-0.15, -0.1) is 0 Å². The van der Waals surface area contributed by atoms with Crippen molar-refractivity contribution in [2.24, 2.45) is 17.8 Å². The van der Waals surface area contributed by atoms with Crippen molar-refractivity contribution < 1.29 is 29.0 Å². The molecule has 4 heterocycles. The number of hydrogen-bond donors (Lipinski definition) is 1. The van der Waals surface area contributed by atoms with Gasteiger partial charge in [0, 0.05) is 12.2 Å². The molecule has 7 atom stereocenters. The molecular formula is C33H38N2O6. The maximum Gasteiger partial charge on any atom is 0.313 e. The third kappa shape index (κ3) is 4.06. The maximum atomic E-state index is 14.8. The molecule has 0 aliphatic carbocycles. The number of rotatable bonds is 6. The highest BCUT2D eigenvalue weighted by Crippen LogP contribution is 2.59. The number of amides is 2. The highest BCUT2D eigenvalue weighted by atomic mass is 16.6. The zero-order valence-electron chi connectivity index (χ0n) is 23.9. The van der Waals surface area contributed by atoms with Crippen molar-refractivity contribution >= 4 is 34.2 Å². The summed E-state index contributed by atoms with van der Waals surface area (Å²) in [5, 5.41) is 12.7. The number of esters is 1. The molecule has 0 bridgehead atoms. The summed E-state index contributed by atoms with van der Waals surface area (Å²) in [4.78, 5) is 46.2. The Kier molecular flexibility index (Phi) is 7.02. The fourth-order valence-electron chi connectivity index (χ4n) is 7.42. The maximum absolute atomic E-state index is 14.8. The minimum atomic E-state index is -1.39. The minimum Gasteiger partial charge on any atom is -0.465 e. The predicted molar refractivity (Wildman–Crippen MR) is 155 cm³/mol. The second kappa shape index (κ2) is 10.4. The van der Waals surface area contributed by atoms with Crippen LogP contribution in [0.2, 0.25) is 0 Å². The zero-order valence-corrected chi connectivity index (χ0v) is 23.9. The van der Waals surface area contributed by atoms with Crippen molar-refractivity contribution in [3.63, 3.8) is 0 Å². The first-order chi connectivity index (χ1) is 19.8. The quantitative estimate of drug-likeness (QED) is 0.425. The Morgan fingerprint density at radius 2 is 1.78 bits per heavy atom. The normalized spacial score (nSPS) is 32.6. The molecule has 41 heavy (non-hydrogen) atoms. The standard InChI is InChI=1S/C33H38N2O6/c1-4-21(3)25(20-36)35-28-30(38)34(24-14-13-22-11-6-7-12-23(22)19-24)17-10-16-33(28)26(29(35)37)27-31(39)40-18-9-8-15-32(27,5-2)41-33/h6-8,10-16,19,21,25-28,36H,4-5,9,17-18,20H2,1-3H3/t21-,25-,26-,27-,28?,32+,33-/m0/s1. The average Bonchev–Trinajstić information content (AvgIpc) is 3.33. The Balaban J connectivity index is 1.53. The molecule has 1 spiro atoms. The van der Waals surface area contributed by atoms with Gasteiger partial charge in [-0.2, -0.15) is 0 Å². The van der Waals surface area contributed by atoms with E-state index in [1.807, 2.05) is 87.5 Å². The second-order valence-corrected chi connectivity index (χ2v) is 11.7. The Labute approximate surface area is 240 Å². The fourth-order valence-corrected chi connectivity index (χ4v) is 7.42. The molecule has 8 heteroatoms. The Morgan fingerprint density at radius 1 is 1.00 bits per heavy atom. The number of aliphatic hydroxyl groups excluding tert-OH is 1. The van der Waals surface area contributed by atoms with Crippen molar-refractivity contribution in [2.45, 2.75) is 63.3 Å². The highest BCUT2D eigenvalue weighted by Gasteiger charge is 2.76. The molecule has 216 valence electrons. The minimum absolute atomic E-state index is 0.0888. The third-order valence-corrected chi connectivity index (χ3v) is 9.73. The molecule has 4 aliphatic heterocycles. The van der Waals surface area contributed by atoms with E-state index in [1.54, 1.807) is 9.80 Å². The first kappa shape index (κ1) is 27.7. The SMILES string of the molecule is CC[C@H](C)[C@H](CO)N1C(=O)[C@@H]2[C@H]3C(=O)OCCC=C[C@@]3(CC)O[C@@]23C=CCN(c2ccc4ccccc4c2)C(=O)C13. The van der Waals surface area contributed by atoms with Crippen molar-refractivity contribution in [1.82, 2.24) is 4.90 Å². The van der Waals surface area contributed by atoms with Crippen LogP contribution in [0, 0.1) is 17.8 Å². The van der Waals surface area contributed by atoms with E-state index in [2.05, 4.69) is 0 Å². The number of anilines is 1. The first-order valence-electron chi connectivity index (χ1n) is 14.8. The van der Waals surface area contributed by atoms with Gasteiger partial charge in [-0.25, -0.2) is 0 Å². The summed E-state index contributed by atoms with van der Waals surface area (Å²) >= 11 is 0. The number of aliphatic hydroxyl groups is 1. The fraction of sp³-hybridized carbons (Fsp3) is 0.485. The third-order valence-electron chi connectivity index (χ3n) is 9.73. The van der Waals surface area contributed by atoms with Crippen molar-refractivity contribution in [1.29, 1.82) is 0 Å². The van der Waals surface area contributed by atoms with Gasteiger partial charge in [0.2, 0.25) is 5.91 Å². The lowest BCUT2D eigenvalue weighted by Crippen LogP contribution is -2.60. The molecule has 4 aliphatic rings. The molecular weight excluding hydrogens is 520 g/mol. The van der Waals surface area contributed by atoms with Gasteiger partial charge >= 0.3 is 5.97 Å². The summed E-state index contributed by atoms with van der Waals surface area (Å²) in [6.07, 6.45) is 9.26. The smallest absolute Gasteiger partial charge is 0.313 e.